The van der Waals surface area contributed by atoms with Crippen molar-refractivity contribution in [3.63, 3.8) is 0 Å². The minimum atomic E-state index is -0.916. The van der Waals surface area contributed by atoms with E-state index in [4.69, 9.17) is 0 Å². The molecule has 0 unspecified atom stereocenters. The molecule has 0 saturated carbocycles. The van der Waals surface area contributed by atoms with Gasteiger partial charge in [0.2, 0.25) is 0 Å². The standard InChI is InChI=1S/C12H14N2OS.C2H6/c1-8-4-6-9(7-5-8)10-13-14-11(16-10)12(2,3)15;1-2/h4-7,15H,1-3H3;1-2H3. The number of aryl methyl sites for hydroxylation is 1. The van der Waals surface area contributed by atoms with E-state index in [1.54, 1.807) is 13.8 Å². The van der Waals surface area contributed by atoms with E-state index in [2.05, 4.69) is 10.2 Å². The third-order valence-electron chi connectivity index (χ3n) is 2.25. The first kappa shape index (κ1) is 14.8. The van der Waals surface area contributed by atoms with Crippen LogP contribution >= 0.6 is 11.3 Å². The van der Waals surface area contributed by atoms with E-state index in [-0.39, 0.29) is 0 Å². The van der Waals surface area contributed by atoms with E-state index < -0.39 is 5.60 Å². The van der Waals surface area contributed by atoms with Crippen molar-refractivity contribution in [1.29, 1.82) is 0 Å². The number of rotatable bonds is 2. The van der Waals surface area contributed by atoms with Crippen molar-refractivity contribution in [3.05, 3.63) is 34.8 Å². The lowest BCUT2D eigenvalue weighted by Gasteiger charge is -2.11. The van der Waals surface area contributed by atoms with Gasteiger partial charge >= 0.3 is 0 Å². The summed E-state index contributed by atoms with van der Waals surface area (Å²) in [4.78, 5) is 0. The van der Waals surface area contributed by atoms with Crippen molar-refractivity contribution in [1.82, 2.24) is 10.2 Å². The van der Waals surface area contributed by atoms with Gasteiger partial charge in [-0.1, -0.05) is 55.0 Å². The van der Waals surface area contributed by atoms with E-state index in [1.165, 1.54) is 16.9 Å². The SMILES string of the molecule is CC.Cc1ccc(-c2nnc(C(C)(C)O)s2)cc1. The topological polar surface area (TPSA) is 46.0 Å². The van der Waals surface area contributed by atoms with Crippen LogP contribution in [0, 0.1) is 6.92 Å². The Hall–Kier alpha value is -1.26. The molecule has 1 aromatic heterocycles. The third-order valence-corrected chi connectivity index (χ3v) is 3.53. The summed E-state index contributed by atoms with van der Waals surface area (Å²) in [5.41, 5.74) is 1.34. The minimum Gasteiger partial charge on any atom is -0.383 e. The Bertz CT molecular complexity index is 483. The molecule has 98 valence electrons. The maximum absolute atomic E-state index is 9.80. The third kappa shape index (κ3) is 3.62. The summed E-state index contributed by atoms with van der Waals surface area (Å²) in [6.45, 7) is 9.48. The van der Waals surface area contributed by atoms with Gasteiger partial charge < -0.3 is 5.11 Å². The van der Waals surface area contributed by atoms with E-state index in [9.17, 15) is 5.11 Å². The summed E-state index contributed by atoms with van der Waals surface area (Å²) in [7, 11) is 0. The second kappa shape index (κ2) is 6.07. The van der Waals surface area contributed by atoms with Crippen LogP contribution in [-0.2, 0) is 5.60 Å². The molecule has 0 saturated heterocycles. The van der Waals surface area contributed by atoms with E-state index >= 15 is 0 Å². The summed E-state index contributed by atoms with van der Waals surface area (Å²) in [5, 5.41) is 19.4. The molecular formula is C14H20N2OS. The minimum absolute atomic E-state index is 0.642. The van der Waals surface area contributed by atoms with Crippen LogP contribution in [0.1, 0.15) is 38.3 Å². The first-order valence-electron chi connectivity index (χ1n) is 6.10. The summed E-state index contributed by atoms with van der Waals surface area (Å²) < 4.78 is 0. The molecule has 0 aliphatic carbocycles. The summed E-state index contributed by atoms with van der Waals surface area (Å²) in [6, 6.07) is 8.12. The second-order valence-corrected chi connectivity index (χ2v) is 5.31. The van der Waals surface area contributed by atoms with Crippen molar-refractivity contribution in [2.75, 3.05) is 0 Å². The van der Waals surface area contributed by atoms with E-state index in [0.29, 0.717) is 5.01 Å². The molecule has 0 aliphatic heterocycles. The van der Waals surface area contributed by atoms with Crippen LogP contribution in [0.15, 0.2) is 24.3 Å². The molecule has 0 amide bonds. The van der Waals surface area contributed by atoms with Crippen molar-refractivity contribution in [2.45, 2.75) is 40.2 Å². The molecule has 0 bridgehead atoms. The highest BCUT2D eigenvalue weighted by Crippen LogP contribution is 2.29. The largest absolute Gasteiger partial charge is 0.383 e. The van der Waals surface area contributed by atoms with Crippen LogP contribution in [0.25, 0.3) is 10.6 Å². The molecule has 18 heavy (non-hydrogen) atoms. The number of aliphatic hydroxyl groups is 1. The van der Waals surface area contributed by atoms with Gasteiger partial charge in [-0.3, -0.25) is 0 Å². The van der Waals surface area contributed by atoms with Gasteiger partial charge in [-0.2, -0.15) is 0 Å². The molecule has 0 atom stereocenters. The Morgan fingerprint density at radius 1 is 1.06 bits per heavy atom. The fourth-order valence-corrected chi connectivity index (χ4v) is 2.13. The monoisotopic (exact) mass is 264 g/mol. The van der Waals surface area contributed by atoms with Gasteiger partial charge in [0.1, 0.15) is 15.6 Å². The highest BCUT2D eigenvalue weighted by Gasteiger charge is 2.21. The Kier molecular flexibility index (Phi) is 4.99. The van der Waals surface area contributed by atoms with Gasteiger partial charge in [-0.05, 0) is 20.8 Å². The molecule has 0 radical (unpaired) electrons. The summed E-state index contributed by atoms with van der Waals surface area (Å²) >= 11 is 1.43. The van der Waals surface area contributed by atoms with Gasteiger partial charge in [0.15, 0.2) is 0 Å². The highest BCUT2D eigenvalue weighted by atomic mass is 32.1. The van der Waals surface area contributed by atoms with Crippen molar-refractivity contribution < 1.29 is 5.11 Å². The number of hydrogen-bond acceptors (Lipinski definition) is 4. The van der Waals surface area contributed by atoms with Crippen LogP contribution in [0.2, 0.25) is 0 Å². The Morgan fingerprint density at radius 3 is 2.06 bits per heavy atom. The molecular weight excluding hydrogens is 244 g/mol. The van der Waals surface area contributed by atoms with Gasteiger partial charge in [0, 0.05) is 5.56 Å². The first-order chi connectivity index (χ1) is 8.47. The first-order valence-corrected chi connectivity index (χ1v) is 6.92. The van der Waals surface area contributed by atoms with Crippen LogP contribution in [0.5, 0.6) is 0 Å². The second-order valence-electron chi connectivity index (χ2n) is 4.34. The molecule has 1 aromatic carbocycles. The fourth-order valence-electron chi connectivity index (χ4n) is 1.28. The molecule has 4 heteroatoms. The molecule has 1 N–H and O–H groups in total. The highest BCUT2D eigenvalue weighted by molar-refractivity contribution is 7.14. The summed E-state index contributed by atoms with van der Waals surface area (Å²) in [5.74, 6) is 0. The predicted molar refractivity (Wildman–Crippen MR) is 76.7 cm³/mol. The molecule has 1 heterocycles. The lowest BCUT2D eigenvalue weighted by molar-refractivity contribution is 0.0775. The van der Waals surface area contributed by atoms with Crippen LogP contribution < -0.4 is 0 Å². The number of aromatic nitrogens is 2. The maximum atomic E-state index is 9.80. The molecule has 0 fully saturated rings. The number of nitrogens with zero attached hydrogens (tertiary/aromatic N) is 2. The quantitative estimate of drug-likeness (QED) is 0.898. The molecule has 2 aromatic rings. The van der Waals surface area contributed by atoms with Crippen LogP contribution in [-0.4, -0.2) is 15.3 Å². The van der Waals surface area contributed by atoms with Gasteiger partial charge in [-0.15, -0.1) is 10.2 Å². The Labute approximate surface area is 113 Å². The normalized spacial score (nSPS) is 10.8. The van der Waals surface area contributed by atoms with E-state index in [1.807, 2.05) is 45.0 Å². The molecule has 0 aliphatic rings. The van der Waals surface area contributed by atoms with Crippen molar-refractivity contribution in [2.24, 2.45) is 0 Å². The lowest BCUT2D eigenvalue weighted by atomic mass is 10.2. The summed E-state index contributed by atoms with van der Waals surface area (Å²) in [6.07, 6.45) is 0. The number of hydrogen-bond donors (Lipinski definition) is 1. The zero-order valence-electron chi connectivity index (χ0n) is 11.6. The zero-order valence-corrected chi connectivity index (χ0v) is 12.4. The molecule has 0 spiro atoms. The van der Waals surface area contributed by atoms with Gasteiger partial charge in [0.25, 0.3) is 0 Å². The Balaban J connectivity index is 0.000000771. The molecule has 2 rings (SSSR count). The smallest absolute Gasteiger partial charge is 0.148 e. The van der Waals surface area contributed by atoms with Crippen LogP contribution in [0.3, 0.4) is 0 Å². The molecule has 3 nitrogen and oxygen atoms in total. The average Bonchev–Trinajstić information content (AvgIpc) is 2.82. The van der Waals surface area contributed by atoms with Crippen LogP contribution in [0.4, 0.5) is 0 Å². The number of benzene rings is 1. The predicted octanol–water partition coefficient (Wildman–Crippen LogP) is 3.77. The van der Waals surface area contributed by atoms with Gasteiger partial charge in [0.05, 0.1) is 0 Å². The van der Waals surface area contributed by atoms with Gasteiger partial charge in [-0.25, -0.2) is 0 Å². The lowest BCUT2D eigenvalue weighted by Crippen LogP contribution is -2.14. The van der Waals surface area contributed by atoms with E-state index in [0.717, 1.165) is 10.6 Å². The zero-order chi connectivity index (χ0) is 13.8. The van der Waals surface area contributed by atoms with Crippen molar-refractivity contribution >= 4 is 11.3 Å². The maximum Gasteiger partial charge on any atom is 0.148 e. The van der Waals surface area contributed by atoms with Crippen molar-refractivity contribution in [3.8, 4) is 10.6 Å². The average molecular weight is 264 g/mol. The fraction of sp³-hybridized carbons (Fsp3) is 0.429. The Morgan fingerprint density at radius 2 is 1.61 bits per heavy atom.